The second kappa shape index (κ2) is 7.31. The van der Waals surface area contributed by atoms with Crippen molar-refractivity contribution in [3.63, 3.8) is 0 Å². The summed E-state index contributed by atoms with van der Waals surface area (Å²) in [6.45, 7) is 6.47. The molecule has 118 valence electrons. The van der Waals surface area contributed by atoms with Gasteiger partial charge in [-0.1, -0.05) is 35.4 Å². The van der Waals surface area contributed by atoms with Gasteiger partial charge in [0.25, 0.3) is 0 Å². The van der Waals surface area contributed by atoms with E-state index in [1.54, 1.807) is 36.0 Å². The Morgan fingerprint density at radius 2 is 1.59 bits per heavy atom. The first-order chi connectivity index (χ1) is 10.4. The van der Waals surface area contributed by atoms with Crippen molar-refractivity contribution in [3.8, 4) is 0 Å². The highest BCUT2D eigenvalue weighted by molar-refractivity contribution is 7.99. The third-order valence-corrected chi connectivity index (χ3v) is 5.96. The predicted molar refractivity (Wildman–Crippen MR) is 93.0 cm³/mol. The van der Waals surface area contributed by atoms with Crippen molar-refractivity contribution in [3.05, 3.63) is 59.2 Å². The number of aryl methyl sites for hydroxylation is 3. The summed E-state index contributed by atoms with van der Waals surface area (Å²) < 4.78 is 27.0. The minimum absolute atomic E-state index is 0.315. The largest absolute Gasteiger partial charge is 0.240 e. The van der Waals surface area contributed by atoms with E-state index in [9.17, 15) is 8.42 Å². The van der Waals surface area contributed by atoms with Gasteiger partial charge in [0.1, 0.15) is 0 Å². The summed E-state index contributed by atoms with van der Waals surface area (Å²) in [5, 5.41) is 0. The quantitative estimate of drug-likeness (QED) is 0.647. The van der Waals surface area contributed by atoms with Gasteiger partial charge < -0.3 is 0 Å². The lowest BCUT2D eigenvalue weighted by atomic mass is 10.2. The third kappa shape index (κ3) is 4.60. The van der Waals surface area contributed by atoms with Gasteiger partial charge in [-0.05, 0) is 44.5 Å². The van der Waals surface area contributed by atoms with Crippen LogP contribution in [0.25, 0.3) is 0 Å². The van der Waals surface area contributed by atoms with E-state index in [4.69, 9.17) is 0 Å². The molecule has 0 unspecified atom stereocenters. The van der Waals surface area contributed by atoms with Crippen LogP contribution in [0.1, 0.15) is 16.7 Å². The maximum Gasteiger partial charge on any atom is 0.240 e. The first-order valence-electron chi connectivity index (χ1n) is 7.15. The van der Waals surface area contributed by atoms with Crippen LogP contribution in [0.15, 0.2) is 52.3 Å². The SMILES string of the molecule is Cc1ccc(S(=O)(=O)NCCSc2cc(C)ccc2C)cc1. The molecule has 1 N–H and O–H groups in total. The van der Waals surface area contributed by atoms with E-state index in [1.165, 1.54) is 16.0 Å². The smallest absolute Gasteiger partial charge is 0.210 e. The normalized spacial score (nSPS) is 11.6. The van der Waals surface area contributed by atoms with E-state index in [1.807, 2.05) is 6.92 Å². The highest BCUT2D eigenvalue weighted by Crippen LogP contribution is 2.23. The molecule has 0 spiro atoms. The maximum atomic E-state index is 12.2. The van der Waals surface area contributed by atoms with Crippen molar-refractivity contribution in [2.45, 2.75) is 30.6 Å². The first kappa shape index (κ1) is 17.1. The molecular weight excluding hydrogens is 314 g/mol. The Bertz CT molecular complexity index is 738. The van der Waals surface area contributed by atoms with Crippen molar-refractivity contribution in [1.82, 2.24) is 4.72 Å². The number of rotatable bonds is 6. The van der Waals surface area contributed by atoms with Gasteiger partial charge in [-0.25, -0.2) is 13.1 Å². The van der Waals surface area contributed by atoms with Crippen molar-refractivity contribution < 1.29 is 8.42 Å². The van der Waals surface area contributed by atoms with Crippen LogP contribution in [0, 0.1) is 20.8 Å². The van der Waals surface area contributed by atoms with Crippen LogP contribution in [0.3, 0.4) is 0 Å². The molecule has 0 saturated heterocycles. The number of thioether (sulfide) groups is 1. The predicted octanol–water partition coefficient (Wildman–Crippen LogP) is 3.68. The number of sulfonamides is 1. The van der Waals surface area contributed by atoms with Gasteiger partial charge in [0.2, 0.25) is 10.0 Å². The molecule has 0 heterocycles. The Morgan fingerprint density at radius 3 is 2.27 bits per heavy atom. The summed E-state index contributed by atoms with van der Waals surface area (Å²) in [7, 11) is -3.41. The van der Waals surface area contributed by atoms with Crippen LogP contribution < -0.4 is 4.72 Å². The van der Waals surface area contributed by atoms with Crippen LogP contribution in [-0.2, 0) is 10.0 Å². The molecule has 0 aromatic heterocycles. The van der Waals surface area contributed by atoms with E-state index in [2.05, 4.69) is 36.8 Å². The third-order valence-electron chi connectivity index (χ3n) is 3.33. The van der Waals surface area contributed by atoms with Gasteiger partial charge in [-0.2, -0.15) is 0 Å². The van der Waals surface area contributed by atoms with Gasteiger partial charge in [0, 0.05) is 17.2 Å². The van der Waals surface area contributed by atoms with E-state index in [0.717, 1.165) is 5.56 Å². The molecule has 5 heteroatoms. The number of nitrogens with one attached hydrogen (secondary N) is 1. The Hall–Kier alpha value is -1.30. The monoisotopic (exact) mass is 335 g/mol. The number of hydrogen-bond donors (Lipinski definition) is 1. The fourth-order valence-corrected chi connectivity index (χ4v) is 4.15. The highest BCUT2D eigenvalue weighted by atomic mass is 32.2. The number of hydrogen-bond acceptors (Lipinski definition) is 3. The first-order valence-corrected chi connectivity index (χ1v) is 9.62. The van der Waals surface area contributed by atoms with Crippen LogP contribution in [0.5, 0.6) is 0 Å². The Balaban J connectivity index is 1.90. The molecule has 0 aliphatic carbocycles. The van der Waals surface area contributed by atoms with E-state index in [0.29, 0.717) is 17.2 Å². The summed E-state index contributed by atoms with van der Waals surface area (Å²) in [4.78, 5) is 1.52. The molecule has 2 rings (SSSR count). The Kier molecular flexibility index (Phi) is 5.67. The number of benzene rings is 2. The lowest BCUT2D eigenvalue weighted by molar-refractivity contribution is 0.584. The standard InChI is InChI=1S/C17H21NO2S2/c1-13-5-8-16(9-6-13)22(19,20)18-10-11-21-17-12-14(2)4-7-15(17)3/h4-9,12,18H,10-11H2,1-3H3. The molecule has 0 saturated carbocycles. The molecule has 3 nitrogen and oxygen atoms in total. The molecule has 0 atom stereocenters. The molecule has 0 fully saturated rings. The fourth-order valence-electron chi connectivity index (χ4n) is 2.00. The van der Waals surface area contributed by atoms with Gasteiger partial charge >= 0.3 is 0 Å². The van der Waals surface area contributed by atoms with Crippen molar-refractivity contribution >= 4 is 21.8 Å². The molecule has 22 heavy (non-hydrogen) atoms. The molecular formula is C17H21NO2S2. The van der Waals surface area contributed by atoms with E-state index < -0.39 is 10.0 Å². The molecule has 0 bridgehead atoms. The zero-order valence-electron chi connectivity index (χ0n) is 13.1. The second-order valence-electron chi connectivity index (χ2n) is 5.33. The minimum Gasteiger partial charge on any atom is -0.210 e. The van der Waals surface area contributed by atoms with Gasteiger partial charge in [-0.3, -0.25) is 0 Å². The summed E-state index contributed by atoms with van der Waals surface area (Å²) in [6.07, 6.45) is 0. The summed E-state index contributed by atoms with van der Waals surface area (Å²) in [5.41, 5.74) is 3.48. The second-order valence-corrected chi connectivity index (χ2v) is 8.23. The van der Waals surface area contributed by atoms with Crippen LogP contribution in [-0.4, -0.2) is 20.7 Å². The van der Waals surface area contributed by atoms with Crippen molar-refractivity contribution in [2.24, 2.45) is 0 Å². The molecule has 2 aromatic rings. The van der Waals surface area contributed by atoms with Gasteiger partial charge in [0.15, 0.2) is 0 Å². The van der Waals surface area contributed by atoms with Crippen molar-refractivity contribution in [1.29, 1.82) is 0 Å². The zero-order chi connectivity index (χ0) is 16.2. The summed E-state index contributed by atoms with van der Waals surface area (Å²) in [5.74, 6) is 0.704. The summed E-state index contributed by atoms with van der Waals surface area (Å²) >= 11 is 1.67. The summed E-state index contributed by atoms with van der Waals surface area (Å²) in [6, 6.07) is 13.2. The average molecular weight is 335 g/mol. The molecule has 0 amide bonds. The van der Waals surface area contributed by atoms with Crippen molar-refractivity contribution in [2.75, 3.05) is 12.3 Å². The molecule has 0 aliphatic rings. The van der Waals surface area contributed by atoms with Crippen LogP contribution in [0.2, 0.25) is 0 Å². The lowest BCUT2D eigenvalue weighted by Gasteiger charge is -2.09. The lowest BCUT2D eigenvalue weighted by Crippen LogP contribution is -2.26. The Morgan fingerprint density at radius 1 is 0.955 bits per heavy atom. The topological polar surface area (TPSA) is 46.2 Å². The maximum absolute atomic E-state index is 12.2. The van der Waals surface area contributed by atoms with E-state index >= 15 is 0 Å². The zero-order valence-corrected chi connectivity index (χ0v) is 14.7. The van der Waals surface area contributed by atoms with E-state index in [-0.39, 0.29) is 0 Å². The molecule has 0 aliphatic heterocycles. The average Bonchev–Trinajstić information content (AvgIpc) is 2.47. The van der Waals surface area contributed by atoms with Gasteiger partial charge in [-0.15, -0.1) is 11.8 Å². The highest BCUT2D eigenvalue weighted by Gasteiger charge is 2.12. The van der Waals surface area contributed by atoms with Crippen LogP contribution in [0.4, 0.5) is 0 Å². The van der Waals surface area contributed by atoms with Gasteiger partial charge in [0.05, 0.1) is 4.90 Å². The van der Waals surface area contributed by atoms with Crippen LogP contribution >= 0.6 is 11.8 Å². The molecule has 2 aromatic carbocycles. The fraction of sp³-hybridized carbons (Fsp3) is 0.294. The molecule has 0 radical (unpaired) electrons. The minimum atomic E-state index is -3.41. The Labute approximate surface area is 137 Å².